The van der Waals surface area contributed by atoms with Crippen LogP contribution in [0, 0.1) is 5.92 Å². The minimum Gasteiger partial charge on any atom is -0.496 e. The molecule has 0 radical (unpaired) electrons. The highest BCUT2D eigenvalue weighted by molar-refractivity contribution is 7.80. The van der Waals surface area contributed by atoms with E-state index in [0.29, 0.717) is 24.7 Å². The van der Waals surface area contributed by atoms with Gasteiger partial charge in [-0.15, -0.1) is 0 Å². The molecule has 1 aromatic heterocycles. The Bertz CT molecular complexity index is 815. The lowest BCUT2D eigenvalue weighted by molar-refractivity contribution is -0.125. The Morgan fingerprint density at radius 2 is 2.07 bits per heavy atom. The molecule has 148 valence electrons. The van der Waals surface area contributed by atoms with Gasteiger partial charge in [0.05, 0.1) is 13.0 Å². The lowest BCUT2D eigenvalue weighted by Gasteiger charge is -2.20. The maximum absolute atomic E-state index is 13.1. The molecule has 2 heterocycles. The monoisotopic (exact) mass is 398 g/mol. The van der Waals surface area contributed by atoms with Gasteiger partial charge >= 0.3 is 0 Å². The van der Waals surface area contributed by atoms with Crippen LogP contribution in [0.2, 0.25) is 0 Å². The Hall–Kier alpha value is -2.67. The predicted octanol–water partition coefficient (Wildman–Crippen LogP) is 2.32. The van der Waals surface area contributed by atoms with Crippen LogP contribution in [0.4, 0.5) is 0 Å². The molecule has 28 heavy (non-hydrogen) atoms. The number of nitrogens with one attached hydrogen (secondary N) is 2. The van der Waals surface area contributed by atoms with Gasteiger partial charge in [-0.2, -0.15) is 0 Å². The van der Waals surface area contributed by atoms with Crippen LogP contribution in [0.3, 0.4) is 0 Å². The van der Waals surface area contributed by atoms with Gasteiger partial charge in [0.1, 0.15) is 5.75 Å². The van der Waals surface area contributed by atoms with Gasteiger partial charge < -0.3 is 20.3 Å². The van der Waals surface area contributed by atoms with Crippen LogP contribution in [0.5, 0.6) is 5.75 Å². The number of likely N-dealkylation sites (tertiary alicyclic amines) is 1. The number of rotatable bonds is 6. The SMILES string of the molecule is CCNC(=S)N1CC(C(=O)NCc2cccnc2)C(c2ccccc2OC)C1. The van der Waals surface area contributed by atoms with Crippen molar-refractivity contribution in [3.8, 4) is 5.75 Å². The number of hydrogen-bond donors (Lipinski definition) is 2. The van der Waals surface area contributed by atoms with Crippen molar-refractivity contribution in [2.24, 2.45) is 5.92 Å². The number of benzene rings is 1. The number of methoxy groups -OCH3 is 1. The number of hydrogen-bond acceptors (Lipinski definition) is 4. The smallest absolute Gasteiger partial charge is 0.225 e. The first kappa shape index (κ1) is 20.1. The first-order valence-electron chi connectivity index (χ1n) is 9.46. The van der Waals surface area contributed by atoms with Crippen LogP contribution < -0.4 is 15.4 Å². The van der Waals surface area contributed by atoms with Crippen molar-refractivity contribution in [1.29, 1.82) is 0 Å². The van der Waals surface area contributed by atoms with Crippen LogP contribution in [0.15, 0.2) is 48.8 Å². The molecule has 1 aromatic carbocycles. The summed E-state index contributed by atoms with van der Waals surface area (Å²) < 4.78 is 5.55. The van der Waals surface area contributed by atoms with E-state index in [9.17, 15) is 4.79 Å². The van der Waals surface area contributed by atoms with Gasteiger partial charge in [-0.25, -0.2) is 0 Å². The lowest BCUT2D eigenvalue weighted by atomic mass is 9.87. The first-order chi connectivity index (χ1) is 13.6. The second kappa shape index (κ2) is 9.50. The molecule has 7 heteroatoms. The Balaban J connectivity index is 1.80. The quantitative estimate of drug-likeness (QED) is 0.728. The van der Waals surface area contributed by atoms with Crippen LogP contribution in [0.25, 0.3) is 0 Å². The Labute approximate surface area is 171 Å². The summed E-state index contributed by atoms with van der Waals surface area (Å²) in [5.74, 6) is 0.599. The third-order valence-electron chi connectivity index (χ3n) is 5.00. The van der Waals surface area contributed by atoms with Crippen molar-refractivity contribution in [2.45, 2.75) is 19.4 Å². The van der Waals surface area contributed by atoms with Crippen molar-refractivity contribution in [3.63, 3.8) is 0 Å². The summed E-state index contributed by atoms with van der Waals surface area (Å²) in [6.45, 7) is 4.48. The molecular formula is C21H26N4O2S. The molecule has 0 saturated carbocycles. The van der Waals surface area contributed by atoms with Crippen LogP contribution in [0.1, 0.15) is 24.0 Å². The van der Waals surface area contributed by atoms with Crippen LogP contribution in [-0.4, -0.2) is 47.6 Å². The Morgan fingerprint density at radius 3 is 2.79 bits per heavy atom. The largest absolute Gasteiger partial charge is 0.496 e. The second-order valence-corrected chi connectivity index (χ2v) is 7.16. The summed E-state index contributed by atoms with van der Waals surface area (Å²) >= 11 is 5.50. The average Bonchev–Trinajstić information content (AvgIpc) is 3.18. The molecule has 2 N–H and O–H groups in total. The van der Waals surface area contributed by atoms with Gasteiger partial charge in [0.2, 0.25) is 5.91 Å². The van der Waals surface area contributed by atoms with Gasteiger partial charge in [-0.3, -0.25) is 9.78 Å². The van der Waals surface area contributed by atoms with Gasteiger partial charge in [-0.05, 0) is 42.4 Å². The highest BCUT2D eigenvalue weighted by atomic mass is 32.1. The molecule has 1 aliphatic heterocycles. The summed E-state index contributed by atoms with van der Waals surface area (Å²) in [5, 5.41) is 6.94. The molecule has 0 spiro atoms. The minimum absolute atomic E-state index is 0.00153. The highest BCUT2D eigenvalue weighted by Gasteiger charge is 2.40. The average molecular weight is 399 g/mol. The fraction of sp³-hybridized carbons (Fsp3) is 0.381. The summed E-state index contributed by atoms with van der Waals surface area (Å²) in [6, 6.07) is 11.7. The number of para-hydroxylation sites is 1. The normalized spacial score (nSPS) is 18.6. The summed E-state index contributed by atoms with van der Waals surface area (Å²) in [4.78, 5) is 19.2. The molecule has 0 bridgehead atoms. The first-order valence-corrected chi connectivity index (χ1v) is 9.87. The van der Waals surface area contributed by atoms with E-state index in [1.54, 1.807) is 19.5 Å². The van der Waals surface area contributed by atoms with Gasteiger partial charge in [0.25, 0.3) is 0 Å². The van der Waals surface area contributed by atoms with Crippen molar-refractivity contribution in [2.75, 3.05) is 26.7 Å². The van der Waals surface area contributed by atoms with Gasteiger partial charge in [0.15, 0.2) is 5.11 Å². The van der Waals surface area contributed by atoms with Crippen LogP contribution in [-0.2, 0) is 11.3 Å². The van der Waals surface area contributed by atoms with Gasteiger partial charge in [-0.1, -0.05) is 24.3 Å². The predicted molar refractivity (Wildman–Crippen MR) is 113 cm³/mol. The summed E-state index contributed by atoms with van der Waals surface area (Å²) in [6.07, 6.45) is 3.48. The number of pyridine rings is 1. The number of amides is 1. The van der Waals surface area contributed by atoms with Gasteiger partial charge in [0, 0.05) is 44.5 Å². The summed E-state index contributed by atoms with van der Waals surface area (Å²) in [7, 11) is 1.66. The maximum atomic E-state index is 13.1. The number of carbonyl (C=O) groups excluding carboxylic acids is 1. The van der Waals surface area contributed by atoms with E-state index < -0.39 is 0 Å². The van der Waals surface area contributed by atoms with E-state index in [1.165, 1.54) is 0 Å². The van der Waals surface area contributed by atoms with Crippen molar-refractivity contribution in [1.82, 2.24) is 20.5 Å². The number of aromatic nitrogens is 1. The van der Waals surface area contributed by atoms with E-state index in [0.717, 1.165) is 23.4 Å². The topological polar surface area (TPSA) is 66.5 Å². The second-order valence-electron chi connectivity index (χ2n) is 6.77. The van der Waals surface area contributed by atoms with E-state index in [4.69, 9.17) is 17.0 Å². The van der Waals surface area contributed by atoms with E-state index in [-0.39, 0.29) is 17.7 Å². The Kier molecular flexibility index (Phi) is 6.81. The molecule has 2 atom stereocenters. The van der Waals surface area contributed by atoms with E-state index >= 15 is 0 Å². The van der Waals surface area contributed by atoms with Crippen molar-refractivity contribution >= 4 is 23.2 Å². The fourth-order valence-corrected chi connectivity index (χ4v) is 3.90. The molecule has 1 amide bonds. The molecule has 6 nitrogen and oxygen atoms in total. The fourth-order valence-electron chi connectivity index (χ4n) is 3.61. The third kappa shape index (κ3) is 4.59. The number of thiocarbonyl (C=S) groups is 1. The zero-order valence-corrected chi connectivity index (χ0v) is 17.0. The molecule has 2 unspecified atom stereocenters. The molecule has 1 fully saturated rings. The molecular weight excluding hydrogens is 372 g/mol. The summed E-state index contributed by atoms with van der Waals surface area (Å²) in [5.41, 5.74) is 2.01. The zero-order valence-electron chi connectivity index (χ0n) is 16.2. The standard InChI is InChI=1S/C21H26N4O2S/c1-3-23-21(28)25-13-17(16-8-4-5-9-19(16)27-2)18(14-25)20(26)24-12-15-7-6-10-22-11-15/h4-11,17-18H,3,12-14H2,1-2H3,(H,23,28)(H,24,26). The molecule has 1 aliphatic rings. The van der Waals surface area contributed by atoms with E-state index in [1.807, 2.05) is 43.3 Å². The lowest BCUT2D eigenvalue weighted by Crippen LogP contribution is -2.39. The molecule has 2 aromatic rings. The minimum atomic E-state index is -0.218. The highest BCUT2D eigenvalue weighted by Crippen LogP contribution is 2.37. The van der Waals surface area contributed by atoms with Crippen molar-refractivity contribution < 1.29 is 9.53 Å². The zero-order chi connectivity index (χ0) is 19.9. The third-order valence-corrected chi connectivity index (χ3v) is 5.40. The number of nitrogens with zero attached hydrogens (tertiary/aromatic N) is 2. The van der Waals surface area contributed by atoms with Crippen LogP contribution >= 0.6 is 12.2 Å². The van der Waals surface area contributed by atoms with Crippen molar-refractivity contribution in [3.05, 3.63) is 59.9 Å². The number of ether oxygens (including phenoxy) is 1. The maximum Gasteiger partial charge on any atom is 0.225 e. The molecule has 1 saturated heterocycles. The van der Waals surface area contributed by atoms with E-state index in [2.05, 4.69) is 20.5 Å². The molecule has 3 rings (SSSR count). The molecule has 0 aliphatic carbocycles. The Morgan fingerprint density at radius 1 is 1.25 bits per heavy atom. The number of carbonyl (C=O) groups is 1.